The molecule has 4 nitrogen and oxygen atoms in total. The van der Waals surface area contributed by atoms with E-state index >= 15 is 0 Å². The number of carboxylic acids is 1. The van der Waals surface area contributed by atoms with Crippen molar-refractivity contribution in [3.8, 4) is 6.07 Å². The van der Waals surface area contributed by atoms with E-state index in [-0.39, 0.29) is 10.7 Å². The van der Waals surface area contributed by atoms with Gasteiger partial charge in [0.05, 0.1) is 16.8 Å². The van der Waals surface area contributed by atoms with E-state index in [1.807, 2.05) is 0 Å². The summed E-state index contributed by atoms with van der Waals surface area (Å²) in [5, 5.41) is 17.9. The normalized spacial score (nSPS) is 14.1. The highest BCUT2D eigenvalue weighted by molar-refractivity contribution is 6.31. The lowest BCUT2D eigenvalue weighted by molar-refractivity contribution is -0.141. The second-order valence-electron chi connectivity index (χ2n) is 2.88. The van der Waals surface area contributed by atoms with Gasteiger partial charge in [-0.15, -0.1) is 0 Å². The Balaban J connectivity index is 3.36. The zero-order valence-electron chi connectivity index (χ0n) is 7.36. The van der Waals surface area contributed by atoms with Crippen LogP contribution in [-0.2, 0) is 10.2 Å². The molecule has 0 aromatic carbocycles. The first-order valence-corrected chi connectivity index (χ1v) is 4.16. The minimum atomic E-state index is -1.70. The Labute approximate surface area is 85.8 Å². The molecule has 0 fully saturated rings. The Morgan fingerprint density at radius 2 is 2.43 bits per heavy atom. The fraction of sp³-hybridized carbons (Fsp3) is 0.222. The molecule has 1 unspecified atom stereocenters. The maximum absolute atomic E-state index is 10.9. The van der Waals surface area contributed by atoms with E-state index in [9.17, 15) is 4.79 Å². The van der Waals surface area contributed by atoms with Crippen LogP contribution < -0.4 is 0 Å². The summed E-state index contributed by atoms with van der Waals surface area (Å²) in [7, 11) is 0. The van der Waals surface area contributed by atoms with Gasteiger partial charge in [-0.25, -0.2) is 0 Å². The molecule has 0 aliphatic carbocycles. The fourth-order valence-corrected chi connectivity index (χ4v) is 1.27. The van der Waals surface area contributed by atoms with Crippen molar-refractivity contribution in [2.45, 2.75) is 12.3 Å². The third-order valence-corrected chi connectivity index (χ3v) is 2.19. The number of nitrogens with zero attached hydrogens (tertiary/aromatic N) is 2. The van der Waals surface area contributed by atoms with Crippen molar-refractivity contribution in [1.29, 1.82) is 5.26 Å². The van der Waals surface area contributed by atoms with Gasteiger partial charge in [0.2, 0.25) is 0 Å². The zero-order valence-corrected chi connectivity index (χ0v) is 8.12. The Morgan fingerprint density at radius 1 is 1.79 bits per heavy atom. The summed E-state index contributed by atoms with van der Waals surface area (Å²) < 4.78 is 0. The van der Waals surface area contributed by atoms with Gasteiger partial charge >= 0.3 is 5.97 Å². The van der Waals surface area contributed by atoms with Gasteiger partial charge in [0.1, 0.15) is 0 Å². The number of nitriles is 1. The van der Waals surface area contributed by atoms with Gasteiger partial charge in [-0.2, -0.15) is 5.26 Å². The number of rotatable bonds is 2. The number of hydrogen-bond acceptors (Lipinski definition) is 3. The van der Waals surface area contributed by atoms with E-state index in [1.54, 1.807) is 12.1 Å². The first-order valence-electron chi connectivity index (χ1n) is 3.78. The van der Waals surface area contributed by atoms with Gasteiger partial charge < -0.3 is 5.11 Å². The summed E-state index contributed by atoms with van der Waals surface area (Å²) in [6.07, 6.45) is 1.40. The molecule has 0 bridgehead atoms. The van der Waals surface area contributed by atoms with Crippen LogP contribution in [-0.4, -0.2) is 16.1 Å². The topological polar surface area (TPSA) is 74.0 Å². The number of halogens is 1. The van der Waals surface area contributed by atoms with Crippen LogP contribution in [0.25, 0.3) is 0 Å². The largest absolute Gasteiger partial charge is 0.480 e. The first-order chi connectivity index (χ1) is 6.52. The lowest BCUT2D eigenvalue weighted by Gasteiger charge is -2.15. The first kappa shape index (κ1) is 10.5. The Bertz CT molecular complexity index is 414. The average molecular weight is 211 g/mol. The van der Waals surface area contributed by atoms with Crippen molar-refractivity contribution >= 4 is 17.6 Å². The lowest BCUT2D eigenvalue weighted by atomic mass is 9.88. The quantitative estimate of drug-likeness (QED) is 0.805. The van der Waals surface area contributed by atoms with E-state index in [1.165, 1.54) is 19.2 Å². The molecule has 0 saturated heterocycles. The summed E-state index contributed by atoms with van der Waals surface area (Å²) in [6.45, 7) is 1.27. The smallest absolute Gasteiger partial charge is 0.330 e. The molecule has 0 amide bonds. The number of carboxylic acid groups (broad SMARTS) is 1. The summed E-state index contributed by atoms with van der Waals surface area (Å²) in [5.74, 6) is -1.26. The highest BCUT2D eigenvalue weighted by atomic mass is 35.5. The molecule has 5 heteroatoms. The van der Waals surface area contributed by atoms with Crippen molar-refractivity contribution in [1.82, 2.24) is 4.98 Å². The molecule has 72 valence electrons. The third kappa shape index (κ3) is 1.54. The molecular weight excluding hydrogens is 204 g/mol. The molecule has 1 heterocycles. The molecule has 0 saturated carbocycles. The van der Waals surface area contributed by atoms with Crippen LogP contribution >= 0.6 is 11.6 Å². The van der Waals surface area contributed by atoms with Gasteiger partial charge in [-0.1, -0.05) is 11.6 Å². The average Bonchev–Trinajstić information content (AvgIpc) is 2.17. The lowest BCUT2D eigenvalue weighted by Crippen LogP contribution is -2.31. The number of carbonyl (C=O) groups is 1. The minimum absolute atomic E-state index is 0.0664. The molecule has 0 aliphatic heterocycles. The van der Waals surface area contributed by atoms with Gasteiger partial charge in [0, 0.05) is 6.20 Å². The summed E-state index contributed by atoms with van der Waals surface area (Å²) >= 11 is 5.75. The SMILES string of the molecule is CC(C#N)(C(=O)O)c1ncccc1Cl. The van der Waals surface area contributed by atoms with Crippen LogP contribution in [0.5, 0.6) is 0 Å². The molecule has 14 heavy (non-hydrogen) atoms. The maximum atomic E-state index is 10.9. The maximum Gasteiger partial charge on any atom is 0.330 e. The number of hydrogen-bond donors (Lipinski definition) is 1. The number of aromatic nitrogens is 1. The minimum Gasteiger partial charge on any atom is -0.480 e. The van der Waals surface area contributed by atoms with Crippen molar-refractivity contribution in [3.63, 3.8) is 0 Å². The van der Waals surface area contributed by atoms with Gasteiger partial charge in [-0.3, -0.25) is 9.78 Å². The van der Waals surface area contributed by atoms with Gasteiger partial charge in [0.25, 0.3) is 0 Å². The monoisotopic (exact) mass is 210 g/mol. The molecule has 1 N–H and O–H groups in total. The molecule has 0 spiro atoms. The second kappa shape index (κ2) is 3.64. The van der Waals surface area contributed by atoms with Crippen molar-refractivity contribution in [2.24, 2.45) is 0 Å². The van der Waals surface area contributed by atoms with Crippen LogP contribution in [0.4, 0.5) is 0 Å². The molecule has 1 aromatic rings. The summed E-state index contributed by atoms with van der Waals surface area (Å²) in [6, 6.07) is 4.77. The number of aliphatic carboxylic acids is 1. The molecule has 1 atom stereocenters. The second-order valence-corrected chi connectivity index (χ2v) is 3.28. The molecular formula is C9H7ClN2O2. The van der Waals surface area contributed by atoms with Gasteiger partial charge in [-0.05, 0) is 19.1 Å². The highest BCUT2D eigenvalue weighted by Gasteiger charge is 2.38. The van der Waals surface area contributed by atoms with Crippen molar-refractivity contribution in [2.75, 3.05) is 0 Å². The van der Waals surface area contributed by atoms with Crippen LogP contribution in [0.2, 0.25) is 5.02 Å². The van der Waals surface area contributed by atoms with Crippen LogP contribution in [0.15, 0.2) is 18.3 Å². The van der Waals surface area contributed by atoms with E-state index in [0.717, 1.165) is 0 Å². The standard InChI is InChI=1S/C9H7ClN2O2/c1-9(5-11,8(13)14)7-6(10)3-2-4-12-7/h2-4H,1H3,(H,13,14). The zero-order chi connectivity index (χ0) is 10.8. The molecule has 1 rings (SSSR count). The molecule has 1 aromatic heterocycles. The van der Waals surface area contributed by atoms with Crippen LogP contribution in [0.3, 0.4) is 0 Å². The predicted molar refractivity (Wildman–Crippen MR) is 49.8 cm³/mol. The third-order valence-electron chi connectivity index (χ3n) is 1.88. The summed E-state index contributed by atoms with van der Waals surface area (Å²) in [4.78, 5) is 14.7. The summed E-state index contributed by atoms with van der Waals surface area (Å²) in [5.41, 5.74) is -1.63. The Kier molecular flexibility index (Phi) is 2.73. The fourth-order valence-electron chi connectivity index (χ4n) is 0.956. The van der Waals surface area contributed by atoms with E-state index in [0.29, 0.717) is 0 Å². The van der Waals surface area contributed by atoms with Gasteiger partial charge in [0.15, 0.2) is 5.41 Å². The van der Waals surface area contributed by atoms with E-state index < -0.39 is 11.4 Å². The Morgan fingerprint density at radius 3 is 2.86 bits per heavy atom. The predicted octanol–water partition coefficient (Wildman–Crippen LogP) is 1.60. The van der Waals surface area contributed by atoms with Crippen LogP contribution in [0.1, 0.15) is 12.6 Å². The highest BCUT2D eigenvalue weighted by Crippen LogP contribution is 2.27. The van der Waals surface area contributed by atoms with Crippen molar-refractivity contribution in [3.05, 3.63) is 29.0 Å². The van der Waals surface area contributed by atoms with Crippen LogP contribution in [0, 0.1) is 11.3 Å². The molecule has 0 radical (unpaired) electrons. The van der Waals surface area contributed by atoms with E-state index in [4.69, 9.17) is 22.0 Å². The van der Waals surface area contributed by atoms with E-state index in [2.05, 4.69) is 4.98 Å². The van der Waals surface area contributed by atoms with Crippen molar-refractivity contribution < 1.29 is 9.90 Å². The Hall–Kier alpha value is -1.60. The molecule has 0 aliphatic rings. The number of pyridine rings is 1.